The standard InChI is InChI=1S/C20H18F2O5S.C18H16O2.2C10H16N.C7H10N2.C7H14N2.C2H4F2O4S.HI/c1-19(18(23)27-11-20(21,22)28(24,25)26)10-16-12-6-2-4-8-14(12)17(19)15-9-5-3-7-13(15)16;1-18(17(19)20)10-15-11-6-2-4-8-13(11)16(18)14-9-5-3-7-12(14)15;2*1-11(2,3)9-10-7-5-4-6-8-10;1-9(2)7-3-5-8-6-4-7;1-6(2)8-5-9-7(3)4;3-2(4,1-5)9(6,7)8;/h2-9,16-17H,10-11H2,1H3,(H,24,25,26);2-9,15-16H,10H2,1H3,(H,19,20);2*4-8H,9H2,1-3H3;3-6H,1-2H3;6-7H,1-4H3;5H,1H2,(H,6,7,8);1H/q;;2*+1;;;;/p-3. The fraction of sp³-hybridized carbons (Fsp3) is 0.405. The van der Waals surface area contributed by atoms with E-state index < -0.39 is 72.6 Å². The Labute approximate surface area is 593 Å². The average Bonchev–Trinajstić information content (AvgIpc) is 0.712. The molecule has 24 heteroatoms. The van der Waals surface area contributed by atoms with E-state index in [0.29, 0.717) is 24.9 Å². The number of hydrogen-bond donors (Lipinski definition) is 2. The number of carbonyl (C=O) groups excluding carboxylic acids is 1. The van der Waals surface area contributed by atoms with Gasteiger partial charge in [0.25, 0.3) is 0 Å². The summed E-state index contributed by atoms with van der Waals surface area (Å²) < 4.78 is 117. The molecule has 0 spiro atoms. The van der Waals surface area contributed by atoms with E-state index in [2.05, 4.69) is 160 Å². The van der Waals surface area contributed by atoms with Crippen molar-refractivity contribution in [1.82, 2.24) is 4.98 Å². The molecule has 0 saturated carbocycles. The molecule has 6 aliphatic rings. The Morgan fingerprint density at radius 3 is 1.14 bits per heavy atom. The van der Waals surface area contributed by atoms with Gasteiger partial charge in [-0.2, -0.15) is 17.6 Å². The van der Waals surface area contributed by atoms with E-state index >= 15 is 0 Å². The van der Waals surface area contributed by atoms with Crippen LogP contribution in [0.5, 0.6) is 0 Å². The lowest BCUT2D eigenvalue weighted by molar-refractivity contribution is -0.884. The Morgan fingerprint density at radius 2 is 0.878 bits per heavy atom. The molecule has 6 aromatic carbocycles. The van der Waals surface area contributed by atoms with Gasteiger partial charge in [-0.25, -0.2) is 26.8 Å². The van der Waals surface area contributed by atoms with Crippen molar-refractivity contribution in [1.29, 1.82) is 0 Å². The Balaban J connectivity index is 0.000000257. The van der Waals surface area contributed by atoms with Crippen molar-refractivity contribution in [2.75, 3.05) is 74.5 Å². The van der Waals surface area contributed by atoms with E-state index in [1.54, 1.807) is 19.3 Å². The van der Waals surface area contributed by atoms with Crippen molar-refractivity contribution in [2.24, 2.45) is 20.8 Å². The number of quaternary nitrogens is 2. The van der Waals surface area contributed by atoms with Crippen molar-refractivity contribution in [3.63, 3.8) is 0 Å². The molecule has 0 saturated heterocycles. The highest BCUT2D eigenvalue weighted by Crippen LogP contribution is 2.62. The molecule has 7 aromatic rings. The summed E-state index contributed by atoms with van der Waals surface area (Å²) in [6, 6.07) is 60.3. The van der Waals surface area contributed by atoms with Crippen molar-refractivity contribution in [3.8, 4) is 0 Å². The van der Waals surface area contributed by atoms with Crippen LogP contribution in [0.2, 0.25) is 0 Å². The van der Waals surface area contributed by atoms with E-state index in [4.69, 9.17) is 9.84 Å². The highest BCUT2D eigenvalue weighted by molar-refractivity contribution is 7.87. The van der Waals surface area contributed by atoms with Crippen LogP contribution in [-0.2, 0) is 47.7 Å². The minimum Gasteiger partial charge on any atom is -1.00 e. The number of aliphatic hydroxyl groups excluding tert-OH is 1. The first kappa shape index (κ1) is 83.2. The number of rotatable bonds is 14. The summed E-state index contributed by atoms with van der Waals surface area (Å²) in [5, 5.41) is 8.16. The number of esters is 1. The number of aliphatic imine (C=N–C) groups is 2. The fourth-order valence-electron chi connectivity index (χ4n) is 12.0. The van der Waals surface area contributed by atoms with Crippen LogP contribution in [0.3, 0.4) is 0 Å². The van der Waals surface area contributed by atoms with Gasteiger partial charge in [0.1, 0.15) is 19.7 Å². The summed E-state index contributed by atoms with van der Waals surface area (Å²) in [5.41, 5.74) is 11.2. The van der Waals surface area contributed by atoms with Crippen LogP contribution < -0.4 is 28.9 Å². The van der Waals surface area contributed by atoms with Gasteiger partial charge >= 0.3 is 22.4 Å². The topological polar surface area (TPSA) is 239 Å². The van der Waals surface area contributed by atoms with E-state index in [1.807, 2.05) is 126 Å². The van der Waals surface area contributed by atoms with Gasteiger partial charge < -0.3 is 61.9 Å². The Morgan fingerprint density at radius 1 is 0.571 bits per heavy atom. The van der Waals surface area contributed by atoms with Gasteiger partial charge in [-0.3, -0.25) is 14.6 Å². The average molecular weight is 1510 g/mol. The highest BCUT2D eigenvalue weighted by atomic mass is 127. The molecule has 17 nitrogen and oxygen atoms in total. The highest BCUT2D eigenvalue weighted by Gasteiger charge is 2.56. The van der Waals surface area contributed by atoms with Crippen molar-refractivity contribution in [2.45, 2.75) is 114 Å². The number of carboxylic acids is 1. The van der Waals surface area contributed by atoms with Crippen LogP contribution in [0, 0.1) is 10.8 Å². The van der Waals surface area contributed by atoms with Crippen LogP contribution in [0.4, 0.5) is 23.2 Å². The minimum absolute atomic E-state index is 0. The van der Waals surface area contributed by atoms with Crippen LogP contribution >= 0.6 is 0 Å². The number of anilines is 1. The Bertz CT molecular complexity index is 3870. The summed E-state index contributed by atoms with van der Waals surface area (Å²) >= 11 is 0. The molecule has 98 heavy (non-hydrogen) atoms. The third-order valence-electron chi connectivity index (χ3n) is 16.3. The van der Waals surface area contributed by atoms with E-state index in [-0.39, 0.29) is 41.7 Å². The number of aromatic nitrogens is 1. The maximum absolute atomic E-state index is 13.5. The number of hydrogen-bond acceptors (Lipinski definition) is 14. The molecule has 1 heterocycles. The third-order valence-corrected chi connectivity index (χ3v) is 18.0. The van der Waals surface area contributed by atoms with Gasteiger partial charge in [0.2, 0.25) is 0 Å². The summed E-state index contributed by atoms with van der Waals surface area (Å²) in [5.74, 6) is -1.94. The number of aliphatic hydroxyl groups is 1. The summed E-state index contributed by atoms with van der Waals surface area (Å²) in [4.78, 5) is 38.6. The molecule has 0 radical (unpaired) electrons. The molecule has 2 atom stereocenters. The van der Waals surface area contributed by atoms with Gasteiger partial charge in [0, 0.05) is 67.0 Å². The van der Waals surface area contributed by atoms with Crippen molar-refractivity contribution < 1.29 is 101 Å². The SMILES string of the molecule is CC(C)N=C=NC(C)C.CC1(C(=O)O)CC2c3ccccc3C1c1ccccc12.CC1(C(=O)OCC(F)(F)S(=O)(=O)[O-])CC2c3ccccc3C1c1ccccc12.CN(C)c1ccncc1.C[N+](C)(C)Cc1ccccc1.C[N+](C)(C)Cc1ccccc1.O=S(=O)([O-])C(F)(F)CO.[I-]. The number of pyridine rings is 1. The lowest BCUT2D eigenvalue weighted by Gasteiger charge is -2.50. The zero-order valence-corrected chi connectivity index (χ0v) is 61.8. The third kappa shape index (κ3) is 22.6. The van der Waals surface area contributed by atoms with Gasteiger partial charge in [-0.15, -0.1) is 0 Å². The number of alkyl halides is 4. The zero-order valence-electron chi connectivity index (χ0n) is 58.0. The smallest absolute Gasteiger partial charge is 0.367 e. The largest absolute Gasteiger partial charge is 1.00 e. The van der Waals surface area contributed by atoms with Gasteiger partial charge in [0.05, 0.1) is 71.2 Å². The normalized spacial score (nSPS) is 19.0. The first-order chi connectivity index (χ1) is 45.1. The van der Waals surface area contributed by atoms with Crippen LogP contribution in [-0.4, -0.2) is 160 Å². The summed E-state index contributed by atoms with van der Waals surface area (Å²) in [6.45, 7) is 9.99. The molecule has 0 aliphatic heterocycles. The van der Waals surface area contributed by atoms with Gasteiger partial charge in [0.15, 0.2) is 26.8 Å². The molecule has 0 fully saturated rings. The molecular weight excluding hydrogens is 1420 g/mol. The number of nitrogens with zero attached hydrogens (tertiary/aromatic N) is 6. The first-order valence-corrected chi connectivity index (χ1v) is 34.3. The number of fused-ring (bicyclic) bond motifs is 2. The van der Waals surface area contributed by atoms with E-state index in [0.717, 1.165) is 44.3 Å². The molecular formula is C74H92F4IN6O11S2-. The number of benzene rings is 6. The summed E-state index contributed by atoms with van der Waals surface area (Å²) in [7, 11) is 5.62. The van der Waals surface area contributed by atoms with Crippen LogP contribution in [0.1, 0.15) is 134 Å². The first-order valence-electron chi connectivity index (χ1n) is 31.5. The van der Waals surface area contributed by atoms with Crippen molar-refractivity contribution in [3.05, 3.63) is 238 Å². The number of carboxylic acid groups (broad SMARTS) is 1. The second-order valence-electron chi connectivity index (χ2n) is 27.5. The Kier molecular flexibility index (Phi) is 29.8. The lowest BCUT2D eigenvalue weighted by Crippen LogP contribution is -3.00. The van der Waals surface area contributed by atoms with Crippen LogP contribution in [0.15, 0.2) is 192 Å². The molecule has 532 valence electrons. The second-order valence-corrected chi connectivity index (χ2v) is 30.5. The monoisotopic (exact) mass is 1510 g/mol. The van der Waals surface area contributed by atoms with E-state index in [1.165, 1.54) is 39.1 Å². The zero-order chi connectivity index (χ0) is 72.5. The molecule has 2 unspecified atom stereocenters. The molecule has 4 bridgehead atoms. The van der Waals surface area contributed by atoms with Crippen LogP contribution in [0.25, 0.3) is 0 Å². The maximum atomic E-state index is 13.5. The van der Waals surface area contributed by atoms with Crippen molar-refractivity contribution >= 4 is 43.9 Å². The Hall–Kier alpha value is -7.26. The molecule has 6 aliphatic carbocycles. The number of ether oxygens (including phenoxy) is 1. The molecule has 0 amide bonds. The quantitative estimate of drug-likeness (QED) is 0.0258. The second kappa shape index (κ2) is 35.2. The lowest BCUT2D eigenvalue weighted by atomic mass is 9.53. The number of carbonyl (C=O) groups is 2. The number of halogens is 5. The predicted molar refractivity (Wildman–Crippen MR) is 369 cm³/mol. The van der Waals surface area contributed by atoms with Gasteiger partial charge in [-0.1, -0.05) is 158 Å². The minimum atomic E-state index is -5.92. The molecule has 13 rings (SSSR count). The number of aliphatic carboxylic acids is 1. The van der Waals surface area contributed by atoms with Gasteiger partial charge in [-0.05, 0) is 111 Å². The summed E-state index contributed by atoms with van der Waals surface area (Å²) in [6.07, 6.45) is 4.62. The fourth-order valence-corrected chi connectivity index (χ4v) is 12.3. The maximum Gasteiger partial charge on any atom is 0.367 e. The molecule has 1 aromatic heterocycles. The molecule has 2 N–H and O–H groups in total. The van der Waals surface area contributed by atoms with E-state index in [9.17, 15) is 58.2 Å². The predicted octanol–water partition coefficient (Wildman–Crippen LogP) is 10.1.